The van der Waals surface area contributed by atoms with Gasteiger partial charge in [-0.3, -0.25) is 9.59 Å². The van der Waals surface area contributed by atoms with E-state index in [1.807, 2.05) is 55.1 Å². The Balaban J connectivity index is 1.70. The molecular formula is C24H29NO4. The van der Waals surface area contributed by atoms with E-state index in [-0.39, 0.29) is 30.6 Å². The highest BCUT2D eigenvalue weighted by atomic mass is 16.5. The zero-order valence-corrected chi connectivity index (χ0v) is 17.7. The molecule has 1 fully saturated rings. The first-order valence-electron chi connectivity index (χ1n) is 10.1. The molecule has 1 aliphatic heterocycles. The first-order valence-corrected chi connectivity index (χ1v) is 10.1. The minimum atomic E-state index is -0.0516. The van der Waals surface area contributed by atoms with E-state index in [0.29, 0.717) is 12.1 Å². The van der Waals surface area contributed by atoms with Crippen LogP contribution in [0.1, 0.15) is 58.8 Å². The molecule has 0 N–H and O–H groups in total. The van der Waals surface area contributed by atoms with Crippen molar-refractivity contribution in [1.29, 1.82) is 0 Å². The number of hydrogen-bond donors (Lipinski definition) is 0. The van der Waals surface area contributed by atoms with Gasteiger partial charge in [-0.1, -0.05) is 12.1 Å². The van der Waals surface area contributed by atoms with Crippen molar-refractivity contribution >= 4 is 11.7 Å². The molecule has 0 aliphatic carbocycles. The van der Waals surface area contributed by atoms with Crippen molar-refractivity contribution < 1.29 is 19.1 Å². The van der Waals surface area contributed by atoms with Gasteiger partial charge in [0.05, 0.1) is 20.3 Å². The number of carbonyl (C=O) groups is 2. The van der Waals surface area contributed by atoms with Crippen molar-refractivity contribution in [2.24, 2.45) is 0 Å². The highest BCUT2D eigenvalue weighted by Crippen LogP contribution is 2.39. The van der Waals surface area contributed by atoms with E-state index in [0.717, 1.165) is 41.0 Å². The lowest BCUT2D eigenvalue weighted by atomic mass is 10.00. The molecule has 1 unspecified atom stereocenters. The molecule has 2 aromatic rings. The molecule has 2 aromatic carbocycles. The minimum Gasteiger partial charge on any atom is -0.497 e. The molecule has 154 valence electrons. The predicted octanol–water partition coefficient (Wildman–Crippen LogP) is 4.65. The molecule has 1 atom stereocenters. The van der Waals surface area contributed by atoms with Gasteiger partial charge in [-0.05, 0) is 62.1 Å². The third-order valence-corrected chi connectivity index (χ3v) is 5.76. The number of nitrogens with zero attached hydrogens (tertiary/aromatic N) is 1. The van der Waals surface area contributed by atoms with E-state index in [1.54, 1.807) is 14.2 Å². The summed E-state index contributed by atoms with van der Waals surface area (Å²) < 4.78 is 10.9. The van der Waals surface area contributed by atoms with Gasteiger partial charge < -0.3 is 14.4 Å². The highest BCUT2D eigenvalue weighted by Gasteiger charge is 2.32. The fourth-order valence-electron chi connectivity index (χ4n) is 3.91. The smallest absolute Gasteiger partial charge is 0.223 e. The number of methoxy groups -OCH3 is 2. The topological polar surface area (TPSA) is 55.8 Å². The van der Waals surface area contributed by atoms with Crippen LogP contribution in [-0.2, 0) is 4.79 Å². The van der Waals surface area contributed by atoms with E-state index in [2.05, 4.69) is 0 Å². The van der Waals surface area contributed by atoms with Crippen LogP contribution in [0.25, 0.3) is 0 Å². The number of ketones is 1. The zero-order chi connectivity index (χ0) is 21.0. The summed E-state index contributed by atoms with van der Waals surface area (Å²) in [6.07, 6.45) is 2.25. The van der Waals surface area contributed by atoms with Crippen LogP contribution in [0.2, 0.25) is 0 Å². The predicted molar refractivity (Wildman–Crippen MR) is 113 cm³/mol. The number of ether oxygens (including phenoxy) is 2. The van der Waals surface area contributed by atoms with Gasteiger partial charge in [0.1, 0.15) is 11.5 Å². The second-order valence-electron chi connectivity index (χ2n) is 7.58. The lowest BCUT2D eigenvalue weighted by Gasteiger charge is -2.26. The molecule has 0 radical (unpaired) electrons. The lowest BCUT2D eigenvalue weighted by molar-refractivity contribution is -0.132. The van der Waals surface area contributed by atoms with E-state index in [1.165, 1.54) is 0 Å². The maximum atomic E-state index is 12.9. The molecule has 29 heavy (non-hydrogen) atoms. The van der Waals surface area contributed by atoms with Crippen molar-refractivity contribution in [3.8, 4) is 11.5 Å². The van der Waals surface area contributed by atoms with Crippen LogP contribution < -0.4 is 9.47 Å². The molecule has 1 saturated heterocycles. The third-order valence-electron chi connectivity index (χ3n) is 5.76. The number of aryl methyl sites for hydroxylation is 2. The molecule has 0 spiro atoms. The third kappa shape index (κ3) is 4.61. The average molecular weight is 395 g/mol. The summed E-state index contributed by atoms with van der Waals surface area (Å²) in [5.41, 5.74) is 3.88. The zero-order valence-electron chi connectivity index (χ0n) is 17.7. The summed E-state index contributed by atoms with van der Waals surface area (Å²) in [7, 11) is 3.26. The van der Waals surface area contributed by atoms with Crippen molar-refractivity contribution in [3.05, 3.63) is 58.7 Å². The lowest BCUT2D eigenvalue weighted by Crippen LogP contribution is -2.31. The number of rotatable bonds is 7. The molecule has 1 amide bonds. The standard InChI is InChI=1S/C24H29NO4/c1-16-7-8-18(14-17(16)2)22(26)10-12-24(27)25-13-5-6-21(25)20-15-19(28-3)9-11-23(20)29-4/h7-9,11,14-15,21H,5-6,10,12-13H2,1-4H3. The van der Waals surface area contributed by atoms with Crippen molar-refractivity contribution in [3.63, 3.8) is 0 Å². The van der Waals surface area contributed by atoms with Gasteiger partial charge in [-0.2, -0.15) is 0 Å². The Morgan fingerprint density at radius 2 is 1.79 bits per heavy atom. The summed E-state index contributed by atoms with van der Waals surface area (Å²) in [5.74, 6) is 1.51. The molecule has 0 saturated carbocycles. The van der Waals surface area contributed by atoms with Gasteiger partial charge in [-0.15, -0.1) is 0 Å². The average Bonchev–Trinajstić information content (AvgIpc) is 3.23. The number of carbonyl (C=O) groups excluding carboxylic acids is 2. The molecule has 0 bridgehead atoms. The Morgan fingerprint density at radius 3 is 2.48 bits per heavy atom. The monoisotopic (exact) mass is 395 g/mol. The molecule has 5 heteroatoms. The fourth-order valence-corrected chi connectivity index (χ4v) is 3.91. The summed E-state index contributed by atoms with van der Waals surface area (Å²) in [6.45, 7) is 4.71. The fraction of sp³-hybridized carbons (Fsp3) is 0.417. The number of benzene rings is 2. The Bertz CT molecular complexity index is 906. The molecule has 1 aliphatic rings. The van der Waals surface area contributed by atoms with Crippen molar-refractivity contribution in [1.82, 2.24) is 4.90 Å². The maximum absolute atomic E-state index is 12.9. The molecule has 5 nitrogen and oxygen atoms in total. The van der Waals surface area contributed by atoms with E-state index >= 15 is 0 Å². The quantitative estimate of drug-likeness (QED) is 0.641. The summed E-state index contributed by atoms with van der Waals surface area (Å²) in [6, 6.07) is 11.3. The Hall–Kier alpha value is -2.82. The second kappa shape index (κ2) is 9.12. The highest BCUT2D eigenvalue weighted by molar-refractivity contribution is 5.98. The normalized spacial score (nSPS) is 16.0. The first-order chi connectivity index (χ1) is 13.9. The number of hydrogen-bond acceptors (Lipinski definition) is 4. The first kappa shape index (κ1) is 20.9. The van der Waals surface area contributed by atoms with Crippen LogP contribution in [0.5, 0.6) is 11.5 Å². The number of likely N-dealkylation sites (tertiary alicyclic amines) is 1. The number of Topliss-reactive ketones (excluding diaryl/α,β-unsaturated/α-hetero) is 1. The van der Waals surface area contributed by atoms with E-state index < -0.39 is 0 Å². The SMILES string of the molecule is COc1ccc(OC)c(C2CCCN2C(=O)CCC(=O)c2ccc(C)c(C)c2)c1. The Morgan fingerprint density at radius 1 is 1.00 bits per heavy atom. The van der Waals surface area contributed by atoms with Crippen molar-refractivity contribution in [2.45, 2.75) is 45.6 Å². The molecule has 1 heterocycles. The van der Waals surface area contributed by atoms with Gasteiger partial charge in [0, 0.05) is 30.5 Å². The van der Waals surface area contributed by atoms with Crippen LogP contribution >= 0.6 is 0 Å². The number of amides is 1. The summed E-state index contributed by atoms with van der Waals surface area (Å²) in [4.78, 5) is 27.4. The van der Waals surface area contributed by atoms with Crippen LogP contribution in [0.4, 0.5) is 0 Å². The second-order valence-corrected chi connectivity index (χ2v) is 7.58. The van der Waals surface area contributed by atoms with Crippen LogP contribution in [-0.4, -0.2) is 37.4 Å². The van der Waals surface area contributed by atoms with E-state index in [4.69, 9.17) is 9.47 Å². The van der Waals surface area contributed by atoms with Gasteiger partial charge in [-0.25, -0.2) is 0 Å². The maximum Gasteiger partial charge on any atom is 0.223 e. The summed E-state index contributed by atoms with van der Waals surface area (Å²) >= 11 is 0. The molecular weight excluding hydrogens is 366 g/mol. The molecule has 3 rings (SSSR count). The van der Waals surface area contributed by atoms with Crippen LogP contribution in [0, 0.1) is 13.8 Å². The van der Waals surface area contributed by atoms with Crippen LogP contribution in [0.15, 0.2) is 36.4 Å². The van der Waals surface area contributed by atoms with Gasteiger partial charge >= 0.3 is 0 Å². The van der Waals surface area contributed by atoms with Gasteiger partial charge in [0.15, 0.2) is 5.78 Å². The summed E-state index contributed by atoms with van der Waals surface area (Å²) in [5, 5.41) is 0. The van der Waals surface area contributed by atoms with Crippen LogP contribution in [0.3, 0.4) is 0 Å². The minimum absolute atomic E-state index is 0.00885. The van der Waals surface area contributed by atoms with Gasteiger partial charge in [0.2, 0.25) is 5.91 Å². The Kier molecular flexibility index (Phi) is 6.57. The largest absolute Gasteiger partial charge is 0.497 e. The Labute approximate surface area is 172 Å². The van der Waals surface area contributed by atoms with Gasteiger partial charge in [0.25, 0.3) is 0 Å². The van der Waals surface area contributed by atoms with Crippen molar-refractivity contribution in [2.75, 3.05) is 20.8 Å². The van der Waals surface area contributed by atoms with E-state index in [9.17, 15) is 9.59 Å². The molecule has 0 aromatic heterocycles.